The highest BCUT2D eigenvalue weighted by molar-refractivity contribution is 5.92. The molecule has 0 radical (unpaired) electrons. The Balaban J connectivity index is 1.89. The third kappa shape index (κ3) is 6.14. The normalized spacial score (nSPS) is 10.6. The summed E-state index contributed by atoms with van der Waals surface area (Å²) in [6, 6.07) is 13.3. The highest BCUT2D eigenvalue weighted by Crippen LogP contribution is 2.21. The number of amides is 2. The third-order valence-electron chi connectivity index (χ3n) is 3.54. The van der Waals surface area contributed by atoms with E-state index in [1.54, 1.807) is 18.2 Å². The Bertz CT molecular complexity index is 780. The molecule has 0 bridgehead atoms. The molecule has 0 atom stereocenters. The highest BCUT2D eigenvalue weighted by atomic mass is 16.5. The number of ether oxygens (including phenoxy) is 1. The van der Waals surface area contributed by atoms with E-state index in [1.165, 1.54) is 5.56 Å². The molecular weight excluding hydrogens is 316 g/mol. The average Bonchev–Trinajstić information content (AvgIpc) is 2.57. The van der Waals surface area contributed by atoms with Crippen LogP contribution in [0.25, 0.3) is 6.08 Å². The van der Waals surface area contributed by atoms with E-state index in [0.29, 0.717) is 11.4 Å². The summed E-state index contributed by atoms with van der Waals surface area (Å²) in [5.41, 5.74) is 8.86. The molecule has 0 spiro atoms. The lowest BCUT2D eigenvalue weighted by molar-refractivity contribution is -0.120. The molecule has 130 valence electrons. The van der Waals surface area contributed by atoms with Crippen LogP contribution in [0.15, 0.2) is 48.5 Å². The molecule has 2 aromatic carbocycles. The minimum Gasteiger partial charge on any atom is -0.484 e. The molecule has 2 rings (SSSR count). The second kappa shape index (κ2) is 8.68. The Morgan fingerprint density at radius 1 is 1.12 bits per heavy atom. The fourth-order valence-corrected chi connectivity index (χ4v) is 2.20. The molecule has 25 heavy (non-hydrogen) atoms. The first kappa shape index (κ1) is 18.3. The molecule has 2 amide bonds. The van der Waals surface area contributed by atoms with Gasteiger partial charge in [0.25, 0.3) is 5.91 Å². The number of anilines is 1. The molecule has 5 heteroatoms. The SMILES string of the molecule is Cc1ccc(C=CCC(=O)Nc2ccc(OCC(N)=O)cc2C)cc1. The van der Waals surface area contributed by atoms with Crippen molar-refractivity contribution in [3.63, 3.8) is 0 Å². The van der Waals surface area contributed by atoms with E-state index in [-0.39, 0.29) is 18.9 Å². The van der Waals surface area contributed by atoms with Gasteiger partial charge in [-0.1, -0.05) is 42.0 Å². The van der Waals surface area contributed by atoms with Gasteiger partial charge in [0, 0.05) is 12.1 Å². The Hall–Kier alpha value is -3.08. The van der Waals surface area contributed by atoms with E-state index in [2.05, 4.69) is 5.32 Å². The fraction of sp³-hybridized carbons (Fsp3) is 0.200. The molecule has 0 saturated carbocycles. The van der Waals surface area contributed by atoms with Gasteiger partial charge in [-0.2, -0.15) is 0 Å². The highest BCUT2D eigenvalue weighted by Gasteiger charge is 2.05. The van der Waals surface area contributed by atoms with E-state index < -0.39 is 5.91 Å². The molecule has 0 heterocycles. The van der Waals surface area contributed by atoms with Crippen molar-refractivity contribution >= 4 is 23.6 Å². The second-order valence-electron chi connectivity index (χ2n) is 5.80. The van der Waals surface area contributed by atoms with E-state index in [4.69, 9.17) is 10.5 Å². The van der Waals surface area contributed by atoms with Crippen LogP contribution in [0, 0.1) is 13.8 Å². The molecule has 0 unspecified atom stereocenters. The Morgan fingerprint density at radius 2 is 1.84 bits per heavy atom. The smallest absolute Gasteiger partial charge is 0.255 e. The van der Waals surface area contributed by atoms with Crippen LogP contribution in [0.3, 0.4) is 0 Å². The Labute approximate surface area is 147 Å². The molecule has 0 aromatic heterocycles. The number of rotatable bonds is 7. The largest absolute Gasteiger partial charge is 0.484 e. The van der Waals surface area contributed by atoms with E-state index in [0.717, 1.165) is 11.1 Å². The van der Waals surface area contributed by atoms with Crippen LogP contribution < -0.4 is 15.8 Å². The van der Waals surface area contributed by atoms with Gasteiger partial charge in [0.1, 0.15) is 5.75 Å². The molecule has 5 nitrogen and oxygen atoms in total. The summed E-state index contributed by atoms with van der Waals surface area (Å²) in [5, 5.41) is 2.86. The topological polar surface area (TPSA) is 81.4 Å². The predicted octanol–water partition coefficient (Wildman–Crippen LogP) is 3.21. The summed E-state index contributed by atoms with van der Waals surface area (Å²) in [7, 11) is 0. The molecule has 3 N–H and O–H groups in total. The quantitative estimate of drug-likeness (QED) is 0.813. The summed E-state index contributed by atoms with van der Waals surface area (Å²) < 4.78 is 5.23. The number of carbonyl (C=O) groups excluding carboxylic acids is 2. The zero-order valence-electron chi connectivity index (χ0n) is 14.4. The Kier molecular flexibility index (Phi) is 6.34. The minimum absolute atomic E-state index is 0.0998. The van der Waals surface area contributed by atoms with Crippen LogP contribution in [0.4, 0.5) is 5.69 Å². The fourth-order valence-electron chi connectivity index (χ4n) is 2.20. The zero-order valence-corrected chi connectivity index (χ0v) is 14.4. The van der Waals surface area contributed by atoms with Crippen LogP contribution in [-0.4, -0.2) is 18.4 Å². The number of primary amides is 1. The Morgan fingerprint density at radius 3 is 2.48 bits per heavy atom. The van der Waals surface area contributed by atoms with Gasteiger partial charge in [0.2, 0.25) is 5.91 Å². The maximum atomic E-state index is 12.1. The number of hydrogen-bond acceptors (Lipinski definition) is 3. The first-order chi connectivity index (χ1) is 11.9. The maximum absolute atomic E-state index is 12.1. The lowest BCUT2D eigenvalue weighted by Crippen LogP contribution is -2.20. The van der Waals surface area contributed by atoms with Gasteiger partial charge in [-0.15, -0.1) is 0 Å². The van der Waals surface area contributed by atoms with Gasteiger partial charge in [-0.05, 0) is 43.2 Å². The summed E-state index contributed by atoms with van der Waals surface area (Å²) in [4.78, 5) is 22.8. The van der Waals surface area contributed by atoms with Gasteiger partial charge in [0.15, 0.2) is 6.61 Å². The predicted molar refractivity (Wildman–Crippen MR) is 99.3 cm³/mol. The van der Waals surface area contributed by atoms with Crippen LogP contribution >= 0.6 is 0 Å². The molecule has 2 aromatic rings. The molecule has 0 aliphatic carbocycles. The van der Waals surface area contributed by atoms with Crippen LogP contribution in [-0.2, 0) is 9.59 Å². The number of nitrogens with one attached hydrogen (secondary N) is 1. The summed E-state index contributed by atoms with van der Waals surface area (Å²) in [6.45, 7) is 3.72. The van der Waals surface area contributed by atoms with E-state index in [9.17, 15) is 9.59 Å². The van der Waals surface area contributed by atoms with Gasteiger partial charge >= 0.3 is 0 Å². The van der Waals surface area contributed by atoms with Crippen molar-refractivity contribution < 1.29 is 14.3 Å². The van der Waals surface area contributed by atoms with E-state index in [1.807, 2.05) is 50.3 Å². The molecule has 0 aliphatic heterocycles. The molecule has 0 aliphatic rings. The maximum Gasteiger partial charge on any atom is 0.255 e. The molecule has 0 saturated heterocycles. The molecule has 0 fully saturated rings. The summed E-state index contributed by atoms with van der Waals surface area (Å²) in [5.74, 6) is -0.0961. The van der Waals surface area contributed by atoms with Gasteiger partial charge in [-0.25, -0.2) is 0 Å². The molecular formula is C20H22N2O3. The standard InChI is InChI=1S/C20H22N2O3/c1-14-6-8-16(9-7-14)4-3-5-20(24)22-18-11-10-17(12-15(18)2)25-13-19(21)23/h3-4,6-12H,5,13H2,1-2H3,(H2,21,23)(H,22,24). The number of nitrogens with two attached hydrogens (primary N) is 1. The van der Waals surface area contributed by atoms with Crippen molar-refractivity contribution in [3.05, 3.63) is 65.2 Å². The van der Waals surface area contributed by atoms with Crippen LogP contribution in [0.2, 0.25) is 0 Å². The van der Waals surface area contributed by atoms with Crippen molar-refractivity contribution in [1.82, 2.24) is 0 Å². The first-order valence-corrected chi connectivity index (χ1v) is 7.99. The van der Waals surface area contributed by atoms with Gasteiger partial charge < -0.3 is 15.8 Å². The van der Waals surface area contributed by atoms with Crippen LogP contribution in [0.5, 0.6) is 5.75 Å². The van der Waals surface area contributed by atoms with E-state index >= 15 is 0 Å². The van der Waals surface area contributed by atoms with Crippen molar-refractivity contribution in [3.8, 4) is 5.75 Å². The monoisotopic (exact) mass is 338 g/mol. The minimum atomic E-state index is -0.532. The zero-order chi connectivity index (χ0) is 18.2. The second-order valence-corrected chi connectivity index (χ2v) is 5.80. The van der Waals surface area contributed by atoms with Crippen molar-refractivity contribution in [2.24, 2.45) is 5.73 Å². The van der Waals surface area contributed by atoms with Gasteiger partial charge in [0.05, 0.1) is 0 Å². The average molecular weight is 338 g/mol. The number of benzene rings is 2. The lowest BCUT2D eigenvalue weighted by Gasteiger charge is -2.10. The lowest BCUT2D eigenvalue weighted by atomic mass is 10.1. The van der Waals surface area contributed by atoms with Gasteiger partial charge in [-0.3, -0.25) is 9.59 Å². The van der Waals surface area contributed by atoms with Crippen molar-refractivity contribution in [2.45, 2.75) is 20.3 Å². The number of hydrogen-bond donors (Lipinski definition) is 2. The summed E-state index contributed by atoms with van der Waals surface area (Å²) >= 11 is 0. The van der Waals surface area contributed by atoms with Crippen molar-refractivity contribution in [1.29, 1.82) is 0 Å². The number of aryl methyl sites for hydroxylation is 2. The van der Waals surface area contributed by atoms with Crippen LogP contribution in [0.1, 0.15) is 23.1 Å². The number of carbonyl (C=O) groups is 2. The first-order valence-electron chi connectivity index (χ1n) is 7.99. The summed E-state index contributed by atoms with van der Waals surface area (Å²) in [6.07, 6.45) is 4.04. The third-order valence-corrected chi connectivity index (χ3v) is 3.54. The van der Waals surface area contributed by atoms with Crippen molar-refractivity contribution in [2.75, 3.05) is 11.9 Å².